The van der Waals surface area contributed by atoms with E-state index in [0.717, 1.165) is 0 Å². The van der Waals surface area contributed by atoms with Crippen LogP contribution in [0, 0.1) is 34.5 Å². The van der Waals surface area contributed by atoms with Gasteiger partial charge in [-0.05, 0) is 56.7 Å². The number of ether oxygens (including phenoxy) is 4. The van der Waals surface area contributed by atoms with Crippen molar-refractivity contribution in [1.82, 2.24) is 0 Å². The average Bonchev–Trinajstić information content (AvgIpc) is 3.03. The number of hydrogen-bond acceptors (Lipinski definition) is 11. The lowest BCUT2D eigenvalue weighted by Crippen LogP contribution is -2.81. The van der Waals surface area contributed by atoms with Crippen LogP contribution in [0.4, 0.5) is 0 Å². The molecule has 0 amide bonds. The van der Waals surface area contributed by atoms with Crippen LogP contribution >= 0.6 is 0 Å². The molecular weight excluding hydrogens is 644 g/mol. The summed E-state index contributed by atoms with van der Waals surface area (Å²) in [5, 5.41) is 48.3. The predicted octanol–water partition coefficient (Wildman–Crippen LogP) is 4.38. The van der Waals surface area contributed by atoms with E-state index in [4.69, 9.17) is 18.9 Å². The lowest BCUT2D eigenvalue weighted by molar-refractivity contribution is -0.360. The van der Waals surface area contributed by atoms with Gasteiger partial charge in [-0.15, -0.1) is 0 Å². The van der Waals surface area contributed by atoms with Gasteiger partial charge in [-0.25, -0.2) is 9.59 Å². The molecule has 1 heterocycles. The summed E-state index contributed by atoms with van der Waals surface area (Å²) in [7, 11) is 0. The van der Waals surface area contributed by atoms with E-state index in [1.54, 1.807) is 85.7 Å². The van der Waals surface area contributed by atoms with Crippen molar-refractivity contribution in [2.45, 2.75) is 137 Å². The van der Waals surface area contributed by atoms with Crippen molar-refractivity contribution >= 4 is 17.9 Å². The van der Waals surface area contributed by atoms with Crippen LogP contribution in [0.1, 0.15) is 99.4 Å². The third kappa shape index (κ3) is 6.64. The van der Waals surface area contributed by atoms with Gasteiger partial charge >= 0.3 is 17.9 Å². The van der Waals surface area contributed by atoms with Crippen LogP contribution in [0.2, 0.25) is 0 Å². The molecule has 1 aliphatic heterocycles. The highest BCUT2D eigenvalue weighted by Crippen LogP contribution is 2.64. The van der Waals surface area contributed by atoms with Crippen molar-refractivity contribution in [2.24, 2.45) is 34.5 Å². The van der Waals surface area contributed by atoms with E-state index in [1.165, 1.54) is 6.92 Å². The summed E-state index contributed by atoms with van der Waals surface area (Å²) >= 11 is 0. The lowest BCUT2D eigenvalue weighted by Gasteiger charge is -2.68. The summed E-state index contributed by atoms with van der Waals surface area (Å²) < 4.78 is 24.1. The first kappa shape index (κ1) is 39.9. The minimum absolute atomic E-state index is 0.0213. The summed E-state index contributed by atoms with van der Waals surface area (Å²) in [6.07, 6.45) is -6.40. The fraction of sp³-hybridized carbons (Fsp3) is 0.718. The van der Waals surface area contributed by atoms with Crippen molar-refractivity contribution < 1.29 is 53.8 Å². The SMILES string of the molecule is CC(=O)O[C@@]12CO[C@@H]1C[C@H](O)[C@]1(C)[C@@H]2[C@H](OC(=O)c2ccccc2)[C@@](C)(O)C(C)(C)/C(=C(/C)[C@H](C)OC(=O)C(O)[C@@H](C)CC(C)C)[C@H](C)[C@@H]1O. The number of benzene rings is 1. The Morgan fingerprint density at radius 2 is 1.60 bits per heavy atom. The summed E-state index contributed by atoms with van der Waals surface area (Å²) in [6, 6.07) is 8.27. The molecular formula is C39H58O11. The molecule has 0 radical (unpaired) electrons. The zero-order valence-electron chi connectivity index (χ0n) is 31.4. The number of aliphatic hydroxyl groups is 4. The maximum atomic E-state index is 13.9. The van der Waals surface area contributed by atoms with Gasteiger partial charge in [-0.1, -0.05) is 72.2 Å². The van der Waals surface area contributed by atoms with Crippen LogP contribution in [0.15, 0.2) is 41.5 Å². The second kappa shape index (κ2) is 14.3. The fourth-order valence-electron chi connectivity index (χ4n) is 9.17. The van der Waals surface area contributed by atoms with Gasteiger partial charge in [0.15, 0.2) is 11.7 Å². The Labute approximate surface area is 296 Å². The average molecular weight is 703 g/mol. The van der Waals surface area contributed by atoms with Crippen molar-refractivity contribution in [3.8, 4) is 0 Å². The molecule has 4 rings (SSSR count). The third-order valence-electron chi connectivity index (χ3n) is 12.3. The van der Waals surface area contributed by atoms with Crippen molar-refractivity contribution in [3.63, 3.8) is 0 Å². The van der Waals surface area contributed by atoms with Gasteiger partial charge in [-0.2, -0.15) is 0 Å². The Morgan fingerprint density at radius 3 is 2.12 bits per heavy atom. The third-order valence-corrected chi connectivity index (χ3v) is 12.3. The molecule has 4 N–H and O–H groups in total. The highest BCUT2D eigenvalue weighted by atomic mass is 16.6. The molecule has 12 atom stereocenters. The van der Waals surface area contributed by atoms with Crippen LogP contribution in [0.5, 0.6) is 0 Å². The van der Waals surface area contributed by atoms with Gasteiger partial charge < -0.3 is 39.4 Å². The van der Waals surface area contributed by atoms with E-state index in [9.17, 15) is 34.8 Å². The van der Waals surface area contributed by atoms with E-state index >= 15 is 0 Å². The highest BCUT2D eigenvalue weighted by Gasteiger charge is 2.76. The lowest BCUT2D eigenvalue weighted by atomic mass is 9.45. The molecule has 2 saturated carbocycles. The smallest absolute Gasteiger partial charge is 0.338 e. The van der Waals surface area contributed by atoms with E-state index in [2.05, 4.69) is 0 Å². The van der Waals surface area contributed by atoms with Gasteiger partial charge in [0, 0.05) is 30.1 Å². The molecule has 11 nitrogen and oxygen atoms in total. The van der Waals surface area contributed by atoms with Gasteiger partial charge in [0.1, 0.15) is 23.9 Å². The molecule has 0 spiro atoms. The second-order valence-corrected chi connectivity index (χ2v) is 16.4. The Hall–Kier alpha value is -2.83. The molecule has 3 aliphatic rings. The normalized spacial score (nSPS) is 37.8. The molecule has 0 aromatic heterocycles. The van der Waals surface area contributed by atoms with Crippen LogP contribution < -0.4 is 0 Å². The first-order valence-electron chi connectivity index (χ1n) is 17.8. The zero-order chi connectivity index (χ0) is 37.7. The van der Waals surface area contributed by atoms with E-state index < -0.39 is 88.4 Å². The van der Waals surface area contributed by atoms with Crippen molar-refractivity contribution in [2.75, 3.05) is 6.61 Å². The standard InChI is InChI=1S/C39H58O11/c1-20(2)17-21(3)30(42)35(45)48-24(6)22(4)29-23(5)32(43)37(10)27(41)18-28-39(19-47-28,50-25(7)40)31(37)33(38(11,46)36(29,8)9)49-34(44)26-15-13-12-14-16-26/h12-16,20-21,23-24,27-28,30-33,41-43,46H,17-19H2,1-11H3/b29-22-/t21-,23-,24-,27-,28+,30?,31-,32-,33-,37+,38+,39-/m0/s1. The first-order chi connectivity index (χ1) is 23.0. The Morgan fingerprint density at radius 1 is 1.00 bits per heavy atom. The molecule has 2 aliphatic carbocycles. The summed E-state index contributed by atoms with van der Waals surface area (Å²) in [6.45, 7) is 18.9. The topological polar surface area (TPSA) is 169 Å². The number of aliphatic hydroxyl groups excluding tert-OH is 3. The number of hydrogen-bond donors (Lipinski definition) is 4. The summed E-state index contributed by atoms with van der Waals surface area (Å²) in [5.41, 5.74) is -4.94. The second-order valence-electron chi connectivity index (χ2n) is 16.4. The fourth-order valence-corrected chi connectivity index (χ4v) is 9.17. The van der Waals surface area contributed by atoms with E-state index in [-0.39, 0.29) is 30.4 Å². The van der Waals surface area contributed by atoms with Crippen LogP contribution in [0.3, 0.4) is 0 Å². The van der Waals surface area contributed by atoms with Crippen LogP contribution in [0.25, 0.3) is 0 Å². The number of carbonyl (C=O) groups is 3. The van der Waals surface area contributed by atoms with Gasteiger partial charge in [0.25, 0.3) is 0 Å². The minimum Gasteiger partial charge on any atom is -0.456 e. The number of esters is 3. The zero-order valence-corrected chi connectivity index (χ0v) is 31.4. The molecule has 280 valence electrons. The summed E-state index contributed by atoms with van der Waals surface area (Å²) in [5.74, 6) is -4.11. The Balaban J connectivity index is 1.92. The number of carbonyl (C=O) groups excluding carboxylic acids is 3. The van der Waals surface area contributed by atoms with E-state index in [0.29, 0.717) is 17.6 Å². The molecule has 1 aromatic carbocycles. The maximum Gasteiger partial charge on any atom is 0.338 e. The Kier molecular flexibility index (Phi) is 11.4. The van der Waals surface area contributed by atoms with Crippen LogP contribution in [-0.2, 0) is 28.5 Å². The highest BCUT2D eigenvalue weighted by molar-refractivity contribution is 5.89. The van der Waals surface area contributed by atoms with Gasteiger partial charge in [0.2, 0.25) is 0 Å². The monoisotopic (exact) mass is 702 g/mol. The largest absolute Gasteiger partial charge is 0.456 e. The molecule has 1 aromatic rings. The quantitative estimate of drug-likeness (QED) is 0.164. The Bertz CT molecular complexity index is 1450. The van der Waals surface area contributed by atoms with Gasteiger partial charge in [0.05, 0.1) is 30.3 Å². The predicted molar refractivity (Wildman–Crippen MR) is 185 cm³/mol. The molecule has 3 fully saturated rings. The van der Waals surface area contributed by atoms with Gasteiger partial charge in [-0.3, -0.25) is 4.79 Å². The summed E-state index contributed by atoms with van der Waals surface area (Å²) in [4.78, 5) is 39.8. The van der Waals surface area contributed by atoms with Crippen molar-refractivity contribution in [1.29, 1.82) is 0 Å². The molecule has 11 heteroatoms. The number of fused-ring (bicyclic) bond motifs is 3. The molecule has 0 bridgehead atoms. The molecule has 50 heavy (non-hydrogen) atoms. The minimum atomic E-state index is -1.95. The molecule has 1 saturated heterocycles. The molecule has 1 unspecified atom stereocenters. The number of rotatable bonds is 9. The maximum absolute atomic E-state index is 13.9. The first-order valence-corrected chi connectivity index (χ1v) is 17.8. The van der Waals surface area contributed by atoms with Crippen LogP contribution in [-0.4, -0.2) is 92.8 Å². The van der Waals surface area contributed by atoms with Crippen molar-refractivity contribution in [3.05, 3.63) is 47.0 Å². The van der Waals surface area contributed by atoms with E-state index in [1.807, 2.05) is 13.8 Å².